The van der Waals surface area contributed by atoms with E-state index in [9.17, 15) is 9.59 Å². The summed E-state index contributed by atoms with van der Waals surface area (Å²) in [5, 5.41) is 24.4. The van der Waals surface area contributed by atoms with Crippen LogP contribution in [0.3, 0.4) is 0 Å². The first kappa shape index (κ1) is 12.4. The molecule has 2 rings (SSSR count). The number of hydrogen-bond donors (Lipinski definition) is 3. The van der Waals surface area contributed by atoms with Crippen LogP contribution in [0.5, 0.6) is 0 Å². The van der Waals surface area contributed by atoms with Crippen molar-refractivity contribution in [1.29, 1.82) is 0 Å². The third kappa shape index (κ3) is 3.21. The van der Waals surface area contributed by atoms with Gasteiger partial charge in [-0.25, -0.2) is 9.59 Å². The van der Waals surface area contributed by atoms with Crippen LogP contribution in [0.2, 0.25) is 0 Å². The largest absolute Gasteiger partial charge is 0.478 e. The number of carbonyl (C=O) groups excluding carboxylic acids is 1. The molecule has 0 fully saturated rings. The Bertz CT molecular complexity index is 624. The maximum Gasteiger partial charge on any atom is 0.337 e. The van der Waals surface area contributed by atoms with Gasteiger partial charge in [-0.05, 0) is 11.3 Å². The zero-order valence-electron chi connectivity index (χ0n) is 9.73. The summed E-state index contributed by atoms with van der Waals surface area (Å²) in [5.41, 5.74) is 0.205. The van der Waals surface area contributed by atoms with Gasteiger partial charge in [0.2, 0.25) is 0 Å². The molecular formula is C9H9N7O3. The van der Waals surface area contributed by atoms with Gasteiger partial charge in [-0.2, -0.15) is 4.80 Å². The van der Waals surface area contributed by atoms with Crippen LogP contribution in [-0.2, 0) is 7.05 Å². The highest BCUT2D eigenvalue weighted by Gasteiger charge is 2.09. The number of rotatable bonds is 3. The fourth-order valence-electron chi connectivity index (χ4n) is 1.22. The zero-order valence-corrected chi connectivity index (χ0v) is 9.73. The fraction of sp³-hybridized carbons (Fsp3) is 0.111. The molecule has 0 unspecified atom stereocenters. The highest BCUT2D eigenvalue weighted by Crippen LogP contribution is 2.08. The number of anilines is 2. The molecule has 0 atom stereocenters. The topological polar surface area (TPSA) is 135 Å². The lowest BCUT2D eigenvalue weighted by Crippen LogP contribution is -2.20. The number of aryl methyl sites for hydroxylation is 1. The van der Waals surface area contributed by atoms with Crippen LogP contribution >= 0.6 is 0 Å². The van der Waals surface area contributed by atoms with Crippen molar-refractivity contribution in [1.82, 2.24) is 25.2 Å². The molecule has 0 bridgehead atoms. The lowest BCUT2D eigenvalue weighted by atomic mass is 10.3. The minimum atomic E-state index is -1.13. The van der Waals surface area contributed by atoms with Crippen LogP contribution in [0.15, 0.2) is 18.5 Å². The van der Waals surface area contributed by atoms with E-state index in [1.54, 1.807) is 7.05 Å². The summed E-state index contributed by atoms with van der Waals surface area (Å²) in [6.45, 7) is 0. The lowest BCUT2D eigenvalue weighted by Gasteiger charge is -2.04. The van der Waals surface area contributed by atoms with Crippen LogP contribution < -0.4 is 10.6 Å². The van der Waals surface area contributed by atoms with Gasteiger partial charge in [0.1, 0.15) is 0 Å². The predicted octanol–water partition coefficient (Wildman–Crippen LogP) is -0.0527. The summed E-state index contributed by atoms with van der Waals surface area (Å²) < 4.78 is 0. The Balaban J connectivity index is 2.02. The second kappa shape index (κ2) is 5.08. The summed E-state index contributed by atoms with van der Waals surface area (Å²) in [6, 6.07) is 0.649. The second-order valence-corrected chi connectivity index (χ2v) is 3.45. The molecule has 0 saturated heterocycles. The minimum absolute atomic E-state index is 0.0300. The molecule has 0 aliphatic rings. The van der Waals surface area contributed by atoms with Gasteiger partial charge in [-0.15, -0.1) is 5.10 Å². The smallest absolute Gasteiger partial charge is 0.337 e. The van der Waals surface area contributed by atoms with Crippen LogP contribution in [0, 0.1) is 0 Å². The quantitative estimate of drug-likeness (QED) is 0.706. The molecule has 0 aliphatic heterocycles. The van der Waals surface area contributed by atoms with Gasteiger partial charge in [-0.3, -0.25) is 10.3 Å². The highest BCUT2D eigenvalue weighted by atomic mass is 16.4. The molecule has 2 aromatic rings. The third-order valence-electron chi connectivity index (χ3n) is 1.98. The number of nitrogens with zero attached hydrogens (tertiary/aromatic N) is 5. The molecule has 3 N–H and O–H groups in total. The van der Waals surface area contributed by atoms with E-state index in [1.807, 2.05) is 0 Å². The molecule has 10 nitrogen and oxygen atoms in total. The van der Waals surface area contributed by atoms with Crippen LogP contribution in [-0.4, -0.2) is 42.3 Å². The Morgan fingerprint density at radius 3 is 2.74 bits per heavy atom. The first-order valence-electron chi connectivity index (χ1n) is 5.05. The zero-order chi connectivity index (χ0) is 13.8. The Labute approximate surface area is 106 Å². The number of hydrogen-bond acceptors (Lipinski definition) is 6. The van der Waals surface area contributed by atoms with Gasteiger partial charge < -0.3 is 10.4 Å². The average Bonchev–Trinajstić information content (AvgIpc) is 2.74. The molecule has 0 saturated carbocycles. The van der Waals surface area contributed by atoms with E-state index in [0.29, 0.717) is 0 Å². The van der Waals surface area contributed by atoms with Crippen molar-refractivity contribution < 1.29 is 14.7 Å². The SMILES string of the molecule is Cn1nnc(NC(=O)Nc2cncc(C(=O)O)c2)n1. The van der Waals surface area contributed by atoms with E-state index < -0.39 is 12.0 Å². The van der Waals surface area contributed by atoms with E-state index in [1.165, 1.54) is 23.3 Å². The molecule has 0 spiro atoms. The number of urea groups is 1. The molecule has 0 aromatic carbocycles. The Morgan fingerprint density at radius 1 is 1.32 bits per heavy atom. The molecule has 19 heavy (non-hydrogen) atoms. The molecule has 0 aliphatic carbocycles. The maximum atomic E-state index is 11.6. The van der Waals surface area contributed by atoms with Crippen LogP contribution in [0.1, 0.15) is 10.4 Å². The molecule has 2 heterocycles. The first-order valence-corrected chi connectivity index (χ1v) is 5.05. The summed E-state index contributed by atoms with van der Waals surface area (Å²) in [5.74, 6) is -1.10. The van der Waals surface area contributed by atoms with Crippen molar-refractivity contribution >= 4 is 23.6 Å². The number of tetrazole rings is 1. The number of carboxylic acid groups (broad SMARTS) is 1. The van der Waals surface area contributed by atoms with Gasteiger partial charge in [-0.1, -0.05) is 5.10 Å². The number of amides is 2. The van der Waals surface area contributed by atoms with Gasteiger partial charge in [0.05, 0.1) is 24.5 Å². The number of aromatic carboxylic acids is 1. The van der Waals surface area contributed by atoms with Crippen molar-refractivity contribution in [2.75, 3.05) is 10.6 Å². The van der Waals surface area contributed by atoms with Crippen molar-refractivity contribution in [2.24, 2.45) is 7.05 Å². The molecule has 10 heteroatoms. The van der Waals surface area contributed by atoms with E-state index in [-0.39, 0.29) is 17.2 Å². The summed E-state index contributed by atoms with van der Waals surface area (Å²) >= 11 is 0. The number of nitrogens with one attached hydrogen (secondary N) is 2. The number of aromatic nitrogens is 5. The fourth-order valence-corrected chi connectivity index (χ4v) is 1.22. The second-order valence-electron chi connectivity index (χ2n) is 3.45. The molecule has 98 valence electrons. The van der Waals surface area contributed by atoms with Gasteiger partial charge >= 0.3 is 12.0 Å². The maximum absolute atomic E-state index is 11.6. The Kier molecular flexibility index (Phi) is 3.32. The summed E-state index contributed by atoms with van der Waals surface area (Å²) in [7, 11) is 1.55. The van der Waals surface area contributed by atoms with Crippen molar-refractivity contribution in [3.63, 3.8) is 0 Å². The summed E-state index contributed by atoms with van der Waals surface area (Å²) in [6.07, 6.45) is 2.49. The van der Waals surface area contributed by atoms with E-state index in [0.717, 1.165) is 0 Å². The van der Waals surface area contributed by atoms with Crippen molar-refractivity contribution in [3.05, 3.63) is 24.0 Å². The Hall–Kier alpha value is -3.04. The standard InChI is InChI=1S/C9H9N7O3/c1-16-14-8(13-15-16)12-9(19)11-6-2-5(7(17)18)3-10-4-6/h2-4H,1H3,(H,17,18)(H2,11,12,14,19). The van der Waals surface area contributed by atoms with E-state index in [2.05, 4.69) is 31.0 Å². The van der Waals surface area contributed by atoms with E-state index in [4.69, 9.17) is 5.11 Å². The summed E-state index contributed by atoms with van der Waals surface area (Å²) in [4.78, 5) is 27.2. The molecule has 2 aromatic heterocycles. The monoisotopic (exact) mass is 263 g/mol. The van der Waals surface area contributed by atoms with Gasteiger partial charge in [0.15, 0.2) is 0 Å². The lowest BCUT2D eigenvalue weighted by molar-refractivity contribution is 0.0696. The highest BCUT2D eigenvalue weighted by molar-refractivity contribution is 5.99. The molecular weight excluding hydrogens is 254 g/mol. The molecule has 0 radical (unpaired) electrons. The van der Waals surface area contributed by atoms with Crippen molar-refractivity contribution in [2.45, 2.75) is 0 Å². The first-order chi connectivity index (χ1) is 9.04. The molecule has 2 amide bonds. The average molecular weight is 263 g/mol. The van der Waals surface area contributed by atoms with Crippen LogP contribution in [0.25, 0.3) is 0 Å². The third-order valence-corrected chi connectivity index (χ3v) is 1.98. The number of carbonyl (C=O) groups is 2. The van der Waals surface area contributed by atoms with Gasteiger partial charge in [0, 0.05) is 6.20 Å². The predicted molar refractivity (Wildman–Crippen MR) is 62.6 cm³/mol. The normalized spacial score (nSPS) is 9.95. The number of pyridine rings is 1. The minimum Gasteiger partial charge on any atom is -0.478 e. The Morgan fingerprint density at radius 2 is 2.11 bits per heavy atom. The number of carboxylic acids is 1. The van der Waals surface area contributed by atoms with Crippen LogP contribution in [0.4, 0.5) is 16.4 Å². The van der Waals surface area contributed by atoms with E-state index >= 15 is 0 Å². The van der Waals surface area contributed by atoms with Crippen molar-refractivity contribution in [3.8, 4) is 0 Å². The van der Waals surface area contributed by atoms with Gasteiger partial charge in [0.25, 0.3) is 5.95 Å².